The fraction of sp³-hybridized carbons (Fsp3) is 0.933. The highest BCUT2D eigenvalue weighted by Gasteiger charge is 2.38. The lowest BCUT2D eigenvalue weighted by Crippen LogP contribution is -2.44. The summed E-state index contributed by atoms with van der Waals surface area (Å²) >= 11 is 0. The lowest BCUT2D eigenvalue weighted by Gasteiger charge is -2.36. The summed E-state index contributed by atoms with van der Waals surface area (Å²) < 4.78 is 5.57. The highest BCUT2D eigenvalue weighted by molar-refractivity contribution is 5.76. The number of carbonyl (C=O) groups excluding carboxylic acids is 1. The van der Waals surface area contributed by atoms with Gasteiger partial charge in [0.25, 0.3) is 0 Å². The molecule has 2 bridgehead atoms. The molecule has 1 amide bonds. The molecule has 0 radical (unpaired) electrons. The number of ether oxygens (including phenoxy) is 1. The average Bonchev–Trinajstić information content (AvgIpc) is 2.68. The van der Waals surface area contributed by atoms with Crippen LogP contribution in [0.5, 0.6) is 0 Å². The maximum atomic E-state index is 12.0. The molecule has 3 aliphatic heterocycles. The molecular weight excluding hydrogens is 254 g/mol. The van der Waals surface area contributed by atoms with E-state index < -0.39 is 0 Å². The number of amides is 1. The van der Waals surface area contributed by atoms with Crippen molar-refractivity contribution in [2.45, 2.75) is 50.3 Å². The Morgan fingerprint density at radius 1 is 1.35 bits per heavy atom. The summed E-state index contributed by atoms with van der Waals surface area (Å²) in [6, 6.07) is 1.50. The van der Waals surface area contributed by atoms with Crippen LogP contribution in [0.1, 0.15) is 32.1 Å². The molecule has 2 N–H and O–H groups in total. The summed E-state index contributed by atoms with van der Waals surface area (Å²) in [5, 5.41) is 6.38. The van der Waals surface area contributed by atoms with Crippen molar-refractivity contribution in [3.8, 4) is 0 Å². The summed E-state index contributed by atoms with van der Waals surface area (Å²) in [4.78, 5) is 14.5. The van der Waals surface area contributed by atoms with Crippen molar-refractivity contribution in [3.05, 3.63) is 0 Å². The summed E-state index contributed by atoms with van der Waals surface area (Å²) in [5.41, 5.74) is 0. The molecule has 3 atom stereocenters. The van der Waals surface area contributed by atoms with Gasteiger partial charge in [-0.2, -0.15) is 0 Å². The minimum absolute atomic E-state index is 0.0532. The third kappa shape index (κ3) is 3.32. The van der Waals surface area contributed by atoms with Crippen molar-refractivity contribution in [2.75, 3.05) is 33.3 Å². The predicted molar refractivity (Wildman–Crippen MR) is 77.5 cm³/mol. The molecule has 5 nitrogen and oxygen atoms in total. The molecule has 0 aliphatic carbocycles. The van der Waals surface area contributed by atoms with Crippen LogP contribution in [0.4, 0.5) is 0 Å². The number of fused-ring (bicyclic) bond motifs is 2. The first-order chi connectivity index (χ1) is 9.72. The van der Waals surface area contributed by atoms with E-state index in [2.05, 4.69) is 22.6 Å². The maximum Gasteiger partial charge on any atom is 0.222 e. The minimum atomic E-state index is 0.0532. The minimum Gasteiger partial charge on any atom is -0.375 e. The quantitative estimate of drug-likeness (QED) is 0.781. The average molecular weight is 281 g/mol. The van der Waals surface area contributed by atoms with E-state index in [9.17, 15) is 4.79 Å². The molecule has 3 heterocycles. The van der Waals surface area contributed by atoms with E-state index in [1.807, 2.05) is 0 Å². The Morgan fingerprint density at radius 3 is 2.75 bits per heavy atom. The zero-order chi connectivity index (χ0) is 13.9. The largest absolute Gasteiger partial charge is 0.375 e. The Bertz CT molecular complexity index is 330. The van der Waals surface area contributed by atoms with Crippen LogP contribution in [0.3, 0.4) is 0 Å². The maximum absolute atomic E-state index is 12.0. The number of rotatable bonds is 4. The van der Waals surface area contributed by atoms with Gasteiger partial charge in [-0.3, -0.25) is 4.79 Å². The van der Waals surface area contributed by atoms with Crippen molar-refractivity contribution in [1.82, 2.24) is 15.5 Å². The van der Waals surface area contributed by atoms with E-state index in [4.69, 9.17) is 4.74 Å². The van der Waals surface area contributed by atoms with Crippen LogP contribution >= 0.6 is 0 Å². The number of carbonyl (C=O) groups is 1. The lowest BCUT2D eigenvalue weighted by molar-refractivity contribution is -0.124. The summed E-state index contributed by atoms with van der Waals surface area (Å²) in [6.45, 7) is 3.26. The van der Waals surface area contributed by atoms with Crippen molar-refractivity contribution in [2.24, 2.45) is 5.92 Å². The predicted octanol–water partition coefficient (Wildman–Crippen LogP) is 0.354. The number of morpholine rings is 1. The Labute approximate surface area is 121 Å². The van der Waals surface area contributed by atoms with Crippen molar-refractivity contribution >= 4 is 5.91 Å². The number of nitrogens with one attached hydrogen (secondary N) is 2. The van der Waals surface area contributed by atoms with Crippen molar-refractivity contribution in [1.29, 1.82) is 0 Å². The molecule has 20 heavy (non-hydrogen) atoms. The molecule has 0 saturated carbocycles. The highest BCUT2D eigenvalue weighted by Crippen LogP contribution is 2.36. The lowest BCUT2D eigenvalue weighted by atomic mass is 9.91. The second-order valence-electron chi connectivity index (χ2n) is 6.59. The van der Waals surface area contributed by atoms with Gasteiger partial charge in [0, 0.05) is 31.7 Å². The molecule has 3 unspecified atom stereocenters. The van der Waals surface area contributed by atoms with Crippen LogP contribution in [0.15, 0.2) is 0 Å². The Morgan fingerprint density at radius 2 is 2.10 bits per heavy atom. The molecule has 3 saturated heterocycles. The molecule has 3 rings (SSSR count). The van der Waals surface area contributed by atoms with Crippen LogP contribution in [-0.4, -0.2) is 62.3 Å². The molecule has 3 fully saturated rings. The number of piperidine rings is 1. The van der Waals surface area contributed by atoms with Gasteiger partial charge in [-0.1, -0.05) is 0 Å². The zero-order valence-electron chi connectivity index (χ0n) is 12.4. The fourth-order valence-corrected chi connectivity index (χ4v) is 3.98. The molecule has 3 aliphatic rings. The normalized spacial score (nSPS) is 37.9. The number of nitrogens with zero attached hydrogens (tertiary/aromatic N) is 1. The highest BCUT2D eigenvalue weighted by atomic mass is 16.5. The Balaban J connectivity index is 1.38. The second-order valence-corrected chi connectivity index (χ2v) is 6.59. The first kappa shape index (κ1) is 14.3. The van der Waals surface area contributed by atoms with Crippen molar-refractivity contribution in [3.63, 3.8) is 0 Å². The Kier molecular flexibility index (Phi) is 4.58. The van der Waals surface area contributed by atoms with E-state index in [0.29, 0.717) is 12.3 Å². The molecular formula is C15H27N3O2. The first-order valence-corrected chi connectivity index (χ1v) is 8.03. The van der Waals surface area contributed by atoms with Gasteiger partial charge in [0.1, 0.15) is 0 Å². The summed E-state index contributed by atoms with van der Waals surface area (Å²) in [6.07, 6.45) is 5.72. The van der Waals surface area contributed by atoms with Gasteiger partial charge in [0.05, 0.1) is 19.1 Å². The van der Waals surface area contributed by atoms with Crippen LogP contribution < -0.4 is 10.6 Å². The third-order valence-electron chi connectivity index (χ3n) is 5.20. The van der Waals surface area contributed by atoms with Gasteiger partial charge < -0.3 is 20.3 Å². The Hall–Kier alpha value is -0.650. The molecule has 0 aromatic carbocycles. The number of hydrogen-bond acceptors (Lipinski definition) is 4. The van der Waals surface area contributed by atoms with E-state index >= 15 is 0 Å². The van der Waals surface area contributed by atoms with Gasteiger partial charge in [-0.25, -0.2) is 0 Å². The monoisotopic (exact) mass is 281 g/mol. The van der Waals surface area contributed by atoms with Gasteiger partial charge >= 0.3 is 0 Å². The van der Waals surface area contributed by atoms with Crippen LogP contribution in [0, 0.1) is 5.92 Å². The molecule has 0 aromatic rings. The third-order valence-corrected chi connectivity index (χ3v) is 5.20. The van der Waals surface area contributed by atoms with Crippen LogP contribution in [-0.2, 0) is 9.53 Å². The van der Waals surface area contributed by atoms with E-state index in [1.54, 1.807) is 0 Å². The smallest absolute Gasteiger partial charge is 0.222 e. The molecule has 0 spiro atoms. The summed E-state index contributed by atoms with van der Waals surface area (Å²) in [5.74, 6) is 0.808. The van der Waals surface area contributed by atoms with E-state index in [0.717, 1.165) is 38.3 Å². The standard InChI is InChI=1S/C15H27N3O2/c1-18-12-2-3-13(18)7-11(6-12)9-17-15(19)8-14-10-16-4-5-20-14/h11-14,16H,2-10H2,1H3,(H,17,19). The topological polar surface area (TPSA) is 53.6 Å². The first-order valence-electron chi connectivity index (χ1n) is 8.03. The second kappa shape index (κ2) is 6.41. The van der Waals surface area contributed by atoms with Crippen molar-refractivity contribution < 1.29 is 9.53 Å². The SMILES string of the molecule is CN1C2CCC1CC(CNC(=O)CC1CNCCO1)C2. The van der Waals surface area contributed by atoms with Crippen LogP contribution in [0.2, 0.25) is 0 Å². The van der Waals surface area contributed by atoms with Gasteiger partial charge in [0.2, 0.25) is 5.91 Å². The van der Waals surface area contributed by atoms with Crippen LogP contribution in [0.25, 0.3) is 0 Å². The summed E-state index contributed by atoms with van der Waals surface area (Å²) in [7, 11) is 2.25. The van der Waals surface area contributed by atoms with E-state index in [1.165, 1.54) is 25.7 Å². The molecule has 114 valence electrons. The van der Waals surface area contributed by atoms with Gasteiger partial charge in [-0.15, -0.1) is 0 Å². The molecule has 0 aromatic heterocycles. The molecule has 5 heteroatoms. The van der Waals surface area contributed by atoms with E-state index in [-0.39, 0.29) is 12.0 Å². The number of hydrogen-bond donors (Lipinski definition) is 2. The fourth-order valence-electron chi connectivity index (χ4n) is 3.98. The van der Waals surface area contributed by atoms with Gasteiger partial charge in [-0.05, 0) is 38.6 Å². The zero-order valence-corrected chi connectivity index (χ0v) is 12.4. The van der Waals surface area contributed by atoms with Gasteiger partial charge in [0.15, 0.2) is 0 Å².